The van der Waals surface area contributed by atoms with Crippen molar-refractivity contribution in [2.75, 3.05) is 32.8 Å². The summed E-state index contributed by atoms with van der Waals surface area (Å²) in [6.45, 7) is 11.2. The van der Waals surface area contributed by atoms with E-state index in [1.165, 1.54) is 187 Å². The molecule has 33 heavy (non-hydrogen) atoms. The maximum atomic E-state index is 2.71. The number of hydrogen-bond donors (Lipinski definition) is 0. The largest absolute Gasteiger partial charge is 0.289 e. The molecule has 0 aromatic heterocycles. The van der Waals surface area contributed by atoms with Gasteiger partial charge in [-0.2, -0.15) is 0 Å². The third kappa shape index (κ3) is 21.0. The number of unbranched alkanes of at least 4 members (excludes halogenated alkanes) is 22. The standard InChI is InChI=1S/C31H64N2/c1-3-5-7-9-11-13-15-17-19-21-23-25-27-32-29-30-33(31-32)28-26-24-22-20-18-16-14-12-10-8-6-4-2/h3-31H2,1-2H3. The lowest BCUT2D eigenvalue weighted by atomic mass is 10.1. The van der Waals surface area contributed by atoms with Crippen molar-refractivity contribution in [3.63, 3.8) is 0 Å². The van der Waals surface area contributed by atoms with E-state index < -0.39 is 0 Å². The van der Waals surface area contributed by atoms with Gasteiger partial charge in [-0.05, 0) is 25.9 Å². The first kappa shape index (κ1) is 31.0. The molecule has 2 nitrogen and oxygen atoms in total. The van der Waals surface area contributed by atoms with Crippen molar-refractivity contribution in [2.45, 2.75) is 168 Å². The number of nitrogens with zero attached hydrogens (tertiary/aromatic N) is 2. The van der Waals surface area contributed by atoms with Gasteiger partial charge in [-0.15, -0.1) is 0 Å². The molecule has 1 aliphatic rings. The molecule has 0 unspecified atom stereocenters. The average Bonchev–Trinajstić information content (AvgIpc) is 3.28. The van der Waals surface area contributed by atoms with Crippen LogP contribution in [-0.2, 0) is 0 Å². The van der Waals surface area contributed by atoms with E-state index in [9.17, 15) is 0 Å². The average molecular weight is 465 g/mol. The summed E-state index contributed by atoms with van der Waals surface area (Å²) >= 11 is 0. The second-order valence-electron chi connectivity index (χ2n) is 11.2. The molecule has 0 aromatic carbocycles. The summed E-state index contributed by atoms with van der Waals surface area (Å²) < 4.78 is 0. The molecule has 0 saturated carbocycles. The van der Waals surface area contributed by atoms with Crippen molar-refractivity contribution in [1.82, 2.24) is 9.80 Å². The number of rotatable bonds is 26. The molecule has 0 radical (unpaired) electrons. The fourth-order valence-corrected chi connectivity index (χ4v) is 5.42. The van der Waals surface area contributed by atoms with Gasteiger partial charge in [0.25, 0.3) is 0 Å². The van der Waals surface area contributed by atoms with Crippen LogP contribution >= 0.6 is 0 Å². The van der Waals surface area contributed by atoms with Gasteiger partial charge in [0.15, 0.2) is 0 Å². The molecule has 0 spiro atoms. The molecule has 0 bridgehead atoms. The van der Waals surface area contributed by atoms with E-state index >= 15 is 0 Å². The fourth-order valence-electron chi connectivity index (χ4n) is 5.42. The minimum absolute atomic E-state index is 1.25. The Bertz CT molecular complexity index is 336. The van der Waals surface area contributed by atoms with Crippen molar-refractivity contribution < 1.29 is 0 Å². The SMILES string of the molecule is CCCCCCCCCCCCCCN1CCN(CCCCCCCCCCCCCC)C1. The van der Waals surface area contributed by atoms with Crippen LogP contribution in [0.25, 0.3) is 0 Å². The van der Waals surface area contributed by atoms with Crippen LogP contribution in [0.2, 0.25) is 0 Å². The summed E-state index contributed by atoms with van der Waals surface area (Å²) in [5, 5.41) is 0. The highest BCUT2D eigenvalue weighted by molar-refractivity contribution is 4.71. The topological polar surface area (TPSA) is 6.48 Å². The lowest BCUT2D eigenvalue weighted by Gasteiger charge is -2.18. The fraction of sp³-hybridized carbons (Fsp3) is 1.00. The van der Waals surface area contributed by atoms with Crippen molar-refractivity contribution in [1.29, 1.82) is 0 Å². The lowest BCUT2D eigenvalue weighted by Crippen LogP contribution is -2.27. The third-order valence-electron chi connectivity index (χ3n) is 7.79. The first-order chi connectivity index (χ1) is 16.4. The van der Waals surface area contributed by atoms with E-state index in [2.05, 4.69) is 23.6 Å². The van der Waals surface area contributed by atoms with E-state index in [1.807, 2.05) is 0 Å². The summed E-state index contributed by atoms with van der Waals surface area (Å²) in [5.41, 5.74) is 0. The Kier molecular flexibility index (Phi) is 23.5. The van der Waals surface area contributed by atoms with Gasteiger partial charge in [-0.1, -0.05) is 155 Å². The predicted molar refractivity (Wildman–Crippen MR) is 150 cm³/mol. The molecule has 0 aliphatic carbocycles. The van der Waals surface area contributed by atoms with E-state index in [0.717, 1.165) is 0 Å². The highest BCUT2D eigenvalue weighted by atomic mass is 15.4. The molecule has 0 aromatic rings. The Balaban J connectivity index is 1.76. The van der Waals surface area contributed by atoms with Gasteiger partial charge in [-0.3, -0.25) is 9.80 Å². The van der Waals surface area contributed by atoms with E-state index in [1.54, 1.807) is 0 Å². The Morgan fingerprint density at radius 2 is 0.576 bits per heavy atom. The minimum atomic E-state index is 1.25. The molecule has 0 amide bonds. The third-order valence-corrected chi connectivity index (χ3v) is 7.79. The molecule has 1 heterocycles. The zero-order valence-electron chi connectivity index (χ0n) is 23.4. The molecule has 1 aliphatic heterocycles. The monoisotopic (exact) mass is 465 g/mol. The molecule has 198 valence electrons. The van der Waals surface area contributed by atoms with Gasteiger partial charge >= 0.3 is 0 Å². The van der Waals surface area contributed by atoms with Crippen LogP contribution in [0, 0.1) is 0 Å². The summed E-state index contributed by atoms with van der Waals surface area (Å²) in [5.74, 6) is 0. The Hall–Kier alpha value is -0.0800. The van der Waals surface area contributed by atoms with Crippen molar-refractivity contribution in [2.24, 2.45) is 0 Å². The van der Waals surface area contributed by atoms with Gasteiger partial charge in [0.1, 0.15) is 0 Å². The smallest absolute Gasteiger partial charge is 0.0507 e. The molecule has 2 heteroatoms. The van der Waals surface area contributed by atoms with Crippen LogP contribution in [0.15, 0.2) is 0 Å². The molecule has 0 N–H and O–H groups in total. The Morgan fingerprint density at radius 1 is 0.333 bits per heavy atom. The summed E-state index contributed by atoms with van der Waals surface area (Å²) in [6, 6.07) is 0. The summed E-state index contributed by atoms with van der Waals surface area (Å²) in [7, 11) is 0. The van der Waals surface area contributed by atoms with Gasteiger partial charge in [0.05, 0.1) is 6.67 Å². The molecular weight excluding hydrogens is 400 g/mol. The quantitative estimate of drug-likeness (QED) is 0.117. The minimum Gasteiger partial charge on any atom is -0.289 e. The van der Waals surface area contributed by atoms with E-state index in [4.69, 9.17) is 0 Å². The molecule has 1 saturated heterocycles. The molecular formula is C31H64N2. The van der Waals surface area contributed by atoms with Crippen LogP contribution in [0.1, 0.15) is 168 Å². The highest BCUT2D eigenvalue weighted by Crippen LogP contribution is 2.15. The highest BCUT2D eigenvalue weighted by Gasteiger charge is 2.18. The maximum Gasteiger partial charge on any atom is 0.0507 e. The zero-order valence-corrected chi connectivity index (χ0v) is 23.4. The maximum absolute atomic E-state index is 2.71. The van der Waals surface area contributed by atoms with Crippen molar-refractivity contribution in [3.8, 4) is 0 Å². The van der Waals surface area contributed by atoms with Crippen LogP contribution < -0.4 is 0 Å². The molecule has 0 atom stereocenters. The van der Waals surface area contributed by atoms with Gasteiger partial charge in [0.2, 0.25) is 0 Å². The summed E-state index contributed by atoms with van der Waals surface area (Å²) in [6.07, 6.45) is 34.9. The van der Waals surface area contributed by atoms with Crippen LogP contribution in [0.4, 0.5) is 0 Å². The van der Waals surface area contributed by atoms with Crippen molar-refractivity contribution in [3.05, 3.63) is 0 Å². The first-order valence-corrected chi connectivity index (χ1v) is 15.8. The van der Waals surface area contributed by atoms with Gasteiger partial charge < -0.3 is 0 Å². The Morgan fingerprint density at radius 3 is 0.848 bits per heavy atom. The second-order valence-corrected chi connectivity index (χ2v) is 11.2. The van der Waals surface area contributed by atoms with E-state index in [-0.39, 0.29) is 0 Å². The first-order valence-electron chi connectivity index (χ1n) is 15.8. The second kappa shape index (κ2) is 25.0. The van der Waals surface area contributed by atoms with Gasteiger partial charge in [0, 0.05) is 13.1 Å². The van der Waals surface area contributed by atoms with Crippen molar-refractivity contribution >= 4 is 0 Å². The predicted octanol–water partition coefficient (Wildman–Crippen LogP) is 9.96. The van der Waals surface area contributed by atoms with Crippen LogP contribution in [0.3, 0.4) is 0 Å². The molecule has 1 rings (SSSR count). The normalized spacial score (nSPS) is 15.1. The van der Waals surface area contributed by atoms with Gasteiger partial charge in [-0.25, -0.2) is 0 Å². The lowest BCUT2D eigenvalue weighted by molar-refractivity contribution is 0.238. The number of hydrogen-bond acceptors (Lipinski definition) is 2. The van der Waals surface area contributed by atoms with Crippen LogP contribution in [0.5, 0.6) is 0 Å². The Labute approximate surface area is 210 Å². The zero-order chi connectivity index (χ0) is 23.7. The van der Waals surface area contributed by atoms with E-state index in [0.29, 0.717) is 0 Å². The summed E-state index contributed by atoms with van der Waals surface area (Å²) in [4.78, 5) is 5.41. The molecule has 1 fully saturated rings. The van der Waals surface area contributed by atoms with Crippen LogP contribution in [-0.4, -0.2) is 42.6 Å².